The van der Waals surface area contributed by atoms with Crippen LogP contribution in [0, 0.1) is 6.92 Å². The van der Waals surface area contributed by atoms with E-state index in [0.29, 0.717) is 16.9 Å². The number of aromatic nitrogens is 4. The molecule has 4 rings (SSSR count). The Labute approximate surface area is 143 Å². The fraction of sp³-hybridized carbons (Fsp3) is 0.167. The van der Waals surface area contributed by atoms with Crippen molar-refractivity contribution in [2.24, 2.45) is 7.05 Å². The smallest absolute Gasteiger partial charge is 0.262 e. The highest BCUT2D eigenvalue weighted by Gasteiger charge is 2.14. The van der Waals surface area contributed by atoms with E-state index in [0.717, 1.165) is 11.3 Å². The monoisotopic (exact) mass is 336 g/mol. The minimum Gasteiger partial charge on any atom is -0.279 e. The molecule has 2 heterocycles. The Morgan fingerprint density at radius 3 is 2.62 bits per heavy atom. The van der Waals surface area contributed by atoms with Crippen molar-refractivity contribution < 1.29 is 0 Å². The van der Waals surface area contributed by atoms with Gasteiger partial charge in [-0.05, 0) is 30.7 Å². The molecule has 0 aliphatic heterocycles. The first-order valence-corrected chi connectivity index (χ1v) is 8.65. The van der Waals surface area contributed by atoms with Crippen LogP contribution in [0.2, 0.25) is 0 Å². The number of benzene rings is 2. The van der Waals surface area contributed by atoms with Crippen molar-refractivity contribution in [3.63, 3.8) is 0 Å². The van der Waals surface area contributed by atoms with Crippen molar-refractivity contribution in [3.8, 4) is 0 Å². The normalized spacial score (nSPS) is 11.4. The van der Waals surface area contributed by atoms with Crippen LogP contribution in [0.25, 0.3) is 16.7 Å². The van der Waals surface area contributed by atoms with E-state index in [1.807, 2.05) is 40.8 Å². The van der Waals surface area contributed by atoms with Crippen molar-refractivity contribution in [2.75, 3.05) is 0 Å². The predicted octanol–water partition coefficient (Wildman–Crippen LogP) is 3.18. The lowest BCUT2D eigenvalue weighted by Gasteiger charge is -2.08. The van der Waals surface area contributed by atoms with Crippen LogP contribution < -0.4 is 5.56 Å². The van der Waals surface area contributed by atoms with E-state index in [1.165, 1.54) is 10.5 Å². The van der Waals surface area contributed by atoms with E-state index in [4.69, 9.17) is 0 Å². The van der Waals surface area contributed by atoms with Crippen LogP contribution in [0.5, 0.6) is 0 Å². The summed E-state index contributed by atoms with van der Waals surface area (Å²) in [6.07, 6.45) is 0. The molecule has 0 atom stereocenters. The van der Waals surface area contributed by atoms with Crippen molar-refractivity contribution in [2.45, 2.75) is 17.6 Å². The Bertz CT molecular complexity index is 1110. The average molecular weight is 336 g/mol. The second kappa shape index (κ2) is 5.79. The fourth-order valence-corrected chi connectivity index (χ4v) is 3.79. The van der Waals surface area contributed by atoms with Gasteiger partial charge in [0.2, 0.25) is 5.78 Å². The van der Waals surface area contributed by atoms with Crippen molar-refractivity contribution in [1.82, 2.24) is 19.2 Å². The maximum atomic E-state index is 12.5. The summed E-state index contributed by atoms with van der Waals surface area (Å²) in [5.74, 6) is 2.10. The van der Waals surface area contributed by atoms with Crippen molar-refractivity contribution in [1.29, 1.82) is 0 Å². The standard InChI is InChI=1S/C18H16N4OS/c1-12-7-3-6-10-15(12)24-11-16-19-20-18-21(2)17(23)13-8-4-5-9-14(13)22(16)18/h3-10H,11H2,1-2H3. The lowest BCUT2D eigenvalue weighted by Crippen LogP contribution is -2.20. The minimum absolute atomic E-state index is 0.0522. The van der Waals surface area contributed by atoms with Crippen molar-refractivity contribution in [3.05, 3.63) is 70.3 Å². The fourth-order valence-electron chi connectivity index (χ4n) is 2.85. The van der Waals surface area contributed by atoms with Crippen LogP contribution in [0.3, 0.4) is 0 Å². The summed E-state index contributed by atoms with van der Waals surface area (Å²) in [5, 5.41) is 9.23. The number of rotatable bonds is 3. The Morgan fingerprint density at radius 1 is 1.04 bits per heavy atom. The van der Waals surface area contributed by atoms with Crippen molar-refractivity contribution >= 4 is 28.4 Å². The molecule has 2 aromatic carbocycles. The van der Waals surface area contributed by atoms with E-state index in [2.05, 4.69) is 29.3 Å². The second-order valence-electron chi connectivity index (χ2n) is 5.69. The van der Waals surface area contributed by atoms with Gasteiger partial charge in [0.05, 0.1) is 16.7 Å². The molecule has 2 aromatic heterocycles. The lowest BCUT2D eigenvalue weighted by atomic mass is 10.2. The number of hydrogen-bond donors (Lipinski definition) is 0. The number of aryl methyl sites for hydroxylation is 2. The topological polar surface area (TPSA) is 52.2 Å². The maximum Gasteiger partial charge on any atom is 0.262 e. The molecule has 0 aliphatic carbocycles. The molecule has 0 amide bonds. The first-order chi connectivity index (χ1) is 11.7. The van der Waals surface area contributed by atoms with E-state index in [-0.39, 0.29) is 5.56 Å². The minimum atomic E-state index is -0.0522. The number of para-hydroxylation sites is 1. The molecular weight excluding hydrogens is 320 g/mol. The van der Waals surface area contributed by atoms with E-state index in [1.54, 1.807) is 23.4 Å². The van der Waals surface area contributed by atoms with Crippen LogP contribution in [0.15, 0.2) is 58.2 Å². The molecule has 0 N–H and O–H groups in total. The first kappa shape index (κ1) is 15.0. The quantitative estimate of drug-likeness (QED) is 0.539. The molecule has 0 spiro atoms. The van der Waals surface area contributed by atoms with E-state index < -0.39 is 0 Å². The SMILES string of the molecule is Cc1ccccc1SCc1nnc2n(C)c(=O)c3ccccc3n12. The zero-order valence-electron chi connectivity index (χ0n) is 13.4. The number of fused-ring (bicyclic) bond motifs is 3. The van der Waals surface area contributed by atoms with Gasteiger partial charge in [-0.25, -0.2) is 0 Å². The molecule has 0 aliphatic rings. The summed E-state index contributed by atoms with van der Waals surface area (Å²) in [7, 11) is 1.73. The second-order valence-corrected chi connectivity index (χ2v) is 6.70. The molecule has 120 valence electrons. The van der Waals surface area contributed by atoms with Crippen LogP contribution in [-0.2, 0) is 12.8 Å². The molecule has 0 saturated carbocycles. The third-order valence-electron chi connectivity index (χ3n) is 4.14. The van der Waals surface area contributed by atoms with Gasteiger partial charge < -0.3 is 0 Å². The molecule has 0 unspecified atom stereocenters. The molecule has 0 bridgehead atoms. The highest BCUT2D eigenvalue weighted by molar-refractivity contribution is 7.98. The molecule has 5 nitrogen and oxygen atoms in total. The summed E-state index contributed by atoms with van der Waals surface area (Å²) in [6, 6.07) is 15.9. The third kappa shape index (κ3) is 2.30. The highest BCUT2D eigenvalue weighted by Crippen LogP contribution is 2.26. The van der Waals surface area contributed by atoms with Gasteiger partial charge in [-0.3, -0.25) is 13.8 Å². The molecule has 4 aromatic rings. The van der Waals surface area contributed by atoms with Gasteiger partial charge in [0, 0.05) is 11.9 Å². The summed E-state index contributed by atoms with van der Waals surface area (Å²) in [4.78, 5) is 13.7. The Morgan fingerprint density at radius 2 is 1.79 bits per heavy atom. The van der Waals surface area contributed by atoms with Gasteiger partial charge in [-0.15, -0.1) is 22.0 Å². The van der Waals surface area contributed by atoms with Gasteiger partial charge in [0.1, 0.15) is 5.82 Å². The number of nitrogens with zero attached hydrogens (tertiary/aromatic N) is 4. The third-order valence-corrected chi connectivity index (χ3v) is 5.31. The zero-order valence-corrected chi connectivity index (χ0v) is 14.2. The average Bonchev–Trinajstić information content (AvgIpc) is 3.03. The summed E-state index contributed by atoms with van der Waals surface area (Å²) in [5.41, 5.74) is 2.04. The van der Waals surface area contributed by atoms with E-state index in [9.17, 15) is 4.79 Å². The van der Waals surface area contributed by atoms with Gasteiger partial charge in [0.15, 0.2) is 0 Å². The van der Waals surface area contributed by atoms with Gasteiger partial charge in [-0.2, -0.15) is 0 Å². The summed E-state index contributed by atoms with van der Waals surface area (Å²) >= 11 is 1.73. The van der Waals surface area contributed by atoms with Crippen LogP contribution in [0.4, 0.5) is 0 Å². The Kier molecular flexibility index (Phi) is 3.61. The molecule has 0 fully saturated rings. The number of hydrogen-bond acceptors (Lipinski definition) is 4. The molecule has 0 radical (unpaired) electrons. The zero-order chi connectivity index (χ0) is 16.7. The number of thioether (sulfide) groups is 1. The molecule has 0 saturated heterocycles. The highest BCUT2D eigenvalue weighted by atomic mass is 32.2. The van der Waals surface area contributed by atoms with Gasteiger partial charge >= 0.3 is 0 Å². The summed E-state index contributed by atoms with van der Waals surface area (Å²) in [6.45, 7) is 2.10. The van der Waals surface area contributed by atoms with Crippen LogP contribution in [-0.4, -0.2) is 19.2 Å². The van der Waals surface area contributed by atoms with E-state index >= 15 is 0 Å². The Balaban J connectivity index is 1.85. The maximum absolute atomic E-state index is 12.5. The first-order valence-electron chi connectivity index (χ1n) is 7.67. The van der Waals surface area contributed by atoms with Crippen LogP contribution >= 0.6 is 11.8 Å². The van der Waals surface area contributed by atoms with Crippen LogP contribution in [0.1, 0.15) is 11.4 Å². The largest absolute Gasteiger partial charge is 0.279 e. The molecule has 24 heavy (non-hydrogen) atoms. The predicted molar refractivity (Wildman–Crippen MR) is 96.5 cm³/mol. The van der Waals surface area contributed by atoms with Gasteiger partial charge in [0.25, 0.3) is 5.56 Å². The molecule has 6 heteroatoms. The Hall–Kier alpha value is -2.60. The molecular formula is C18H16N4OS. The van der Waals surface area contributed by atoms with Gasteiger partial charge in [-0.1, -0.05) is 30.3 Å². The summed E-state index contributed by atoms with van der Waals surface area (Å²) < 4.78 is 3.53. The lowest BCUT2D eigenvalue weighted by molar-refractivity contribution is 0.858.